The molecule has 1 heterocycles. The molecule has 6 nitrogen and oxygen atoms in total. The van der Waals surface area contributed by atoms with Gasteiger partial charge < -0.3 is 10.1 Å². The molecule has 1 aliphatic carbocycles. The summed E-state index contributed by atoms with van der Waals surface area (Å²) in [6, 6.07) is 19.5. The highest BCUT2D eigenvalue weighted by Gasteiger charge is 2.21. The number of ether oxygens (including phenoxy) is 1. The van der Waals surface area contributed by atoms with Crippen LogP contribution in [0.3, 0.4) is 0 Å². The van der Waals surface area contributed by atoms with E-state index < -0.39 is 0 Å². The maximum Gasteiger partial charge on any atom is 0.290 e. The van der Waals surface area contributed by atoms with Crippen LogP contribution in [0.2, 0.25) is 0 Å². The summed E-state index contributed by atoms with van der Waals surface area (Å²) >= 11 is 0. The Morgan fingerprint density at radius 1 is 1.07 bits per heavy atom. The van der Waals surface area contributed by atoms with Gasteiger partial charge in [-0.15, -0.1) is 5.10 Å². The van der Waals surface area contributed by atoms with E-state index in [1.54, 1.807) is 4.68 Å². The fraction of sp³-hybridized carbons (Fsp3) is 0.318. The Hall–Kier alpha value is -2.99. The molecule has 1 aliphatic rings. The summed E-state index contributed by atoms with van der Waals surface area (Å²) in [7, 11) is 0. The van der Waals surface area contributed by atoms with Gasteiger partial charge in [0.25, 0.3) is 5.91 Å². The number of nitrogens with one attached hydrogen (secondary N) is 1. The molecule has 0 bridgehead atoms. The van der Waals surface area contributed by atoms with Crippen molar-refractivity contribution in [3.63, 3.8) is 0 Å². The van der Waals surface area contributed by atoms with Gasteiger partial charge in [-0.25, -0.2) is 9.67 Å². The molecular weight excluding hydrogens is 352 g/mol. The molecule has 144 valence electrons. The molecule has 0 saturated heterocycles. The Labute approximate surface area is 164 Å². The smallest absolute Gasteiger partial charge is 0.290 e. The summed E-state index contributed by atoms with van der Waals surface area (Å²) in [6.45, 7) is 2.05. The number of benzene rings is 2. The largest absolute Gasteiger partial charge is 0.381 e. The minimum absolute atomic E-state index is 0.168. The zero-order valence-corrected chi connectivity index (χ0v) is 15.8. The molecule has 2 aromatic carbocycles. The second-order valence-corrected chi connectivity index (χ2v) is 7.00. The van der Waals surface area contributed by atoms with Crippen LogP contribution in [0.25, 0.3) is 17.1 Å². The minimum atomic E-state index is -0.269. The fourth-order valence-corrected chi connectivity index (χ4v) is 2.92. The molecular formula is C22H24N4O2. The Morgan fingerprint density at radius 3 is 2.50 bits per heavy atom. The van der Waals surface area contributed by atoms with Crippen LogP contribution in [0.1, 0.15) is 29.9 Å². The number of aromatic nitrogens is 3. The van der Waals surface area contributed by atoms with Crippen molar-refractivity contribution in [2.24, 2.45) is 5.92 Å². The third kappa shape index (κ3) is 4.64. The van der Waals surface area contributed by atoms with Crippen LogP contribution in [0.15, 0.2) is 60.7 Å². The van der Waals surface area contributed by atoms with Crippen LogP contribution < -0.4 is 5.32 Å². The van der Waals surface area contributed by atoms with E-state index in [1.807, 2.05) is 60.7 Å². The lowest BCUT2D eigenvalue weighted by Crippen LogP contribution is -2.26. The predicted molar refractivity (Wildman–Crippen MR) is 107 cm³/mol. The van der Waals surface area contributed by atoms with E-state index in [0.29, 0.717) is 19.0 Å². The van der Waals surface area contributed by atoms with Crippen LogP contribution in [-0.4, -0.2) is 40.4 Å². The van der Waals surface area contributed by atoms with E-state index in [2.05, 4.69) is 15.4 Å². The van der Waals surface area contributed by atoms with Crippen molar-refractivity contribution in [1.82, 2.24) is 20.1 Å². The molecule has 0 spiro atoms. The quantitative estimate of drug-likeness (QED) is 0.581. The highest BCUT2D eigenvalue weighted by atomic mass is 16.5. The van der Waals surface area contributed by atoms with E-state index in [1.165, 1.54) is 12.8 Å². The second kappa shape index (κ2) is 8.80. The van der Waals surface area contributed by atoms with Crippen LogP contribution in [0.4, 0.5) is 0 Å². The first-order valence-electron chi connectivity index (χ1n) is 9.75. The molecule has 0 radical (unpaired) electrons. The molecule has 6 heteroatoms. The van der Waals surface area contributed by atoms with Crippen molar-refractivity contribution in [2.45, 2.75) is 19.3 Å². The molecule has 4 rings (SSSR count). The summed E-state index contributed by atoms with van der Waals surface area (Å²) < 4.78 is 7.31. The average molecular weight is 376 g/mol. The molecule has 0 atom stereocenters. The lowest BCUT2D eigenvalue weighted by Gasteiger charge is -2.05. The number of hydrogen-bond donors (Lipinski definition) is 1. The number of amides is 1. The number of rotatable bonds is 9. The van der Waals surface area contributed by atoms with Gasteiger partial charge in [0.2, 0.25) is 5.82 Å². The van der Waals surface area contributed by atoms with Crippen molar-refractivity contribution in [3.05, 3.63) is 66.5 Å². The Morgan fingerprint density at radius 2 is 1.79 bits per heavy atom. The highest BCUT2D eigenvalue weighted by molar-refractivity contribution is 5.91. The molecule has 1 saturated carbocycles. The van der Waals surface area contributed by atoms with Gasteiger partial charge in [0.05, 0.1) is 5.69 Å². The number of hydrogen-bond acceptors (Lipinski definition) is 4. The van der Waals surface area contributed by atoms with Crippen LogP contribution in [0, 0.1) is 5.92 Å². The van der Waals surface area contributed by atoms with Gasteiger partial charge in [0.15, 0.2) is 5.82 Å². The molecule has 1 amide bonds. The topological polar surface area (TPSA) is 69.0 Å². The molecule has 3 aromatic rings. The normalized spacial score (nSPS) is 13.4. The number of para-hydroxylation sites is 1. The second-order valence-electron chi connectivity index (χ2n) is 7.00. The van der Waals surface area contributed by atoms with E-state index in [4.69, 9.17) is 4.74 Å². The molecule has 1 N–H and O–H groups in total. The van der Waals surface area contributed by atoms with Gasteiger partial charge in [0, 0.05) is 25.3 Å². The van der Waals surface area contributed by atoms with Crippen LogP contribution in [-0.2, 0) is 4.74 Å². The third-order valence-electron chi connectivity index (χ3n) is 4.64. The average Bonchev–Trinajstić information content (AvgIpc) is 3.46. The standard InChI is InChI=1S/C22H24N4O2/c27-22(23-14-7-15-28-16-17-12-13-17)20-24-21(18-8-3-1-4-9-18)26(25-20)19-10-5-2-6-11-19/h1-6,8-11,17H,7,12-16H2,(H,23,27). The maximum absolute atomic E-state index is 12.5. The zero-order chi connectivity index (χ0) is 19.2. The summed E-state index contributed by atoms with van der Waals surface area (Å²) in [5.41, 5.74) is 1.77. The molecule has 28 heavy (non-hydrogen) atoms. The van der Waals surface area contributed by atoms with Gasteiger partial charge in [-0.1, -0.05) is 48.5 Å². The van der Waals surface area contributed by atoms with Crippen molar-refractivity contribution in [2.75, 3.05) is 19.8 Å². The summed E-state index contributed by atoms with van der Waals surface area (Å²) in [6.07, 6.45) is 3.36. The Balaban J connectivity index is 1.44. The first kappa shape index (κ1) is 18.4. The number of nitrogens with zero attached hydrogens (tertiary/aromatic N) is 3. The SMILES string of the molecule is O=C(NCCCOCC1CC1)c1nc(-c2ccccc2)n(-c2ccccc2)n1. The van der Waals surface area contributed by atoms with Crippen LogP contribution in [0.5, 0.6) is 0 Å². The van der Waals surface area contributed by atoms with E-state index >= 15 is 0 Å². The molecule has 0 unspecified atom stereocenters. The summed E-state index contributed by atoms with van der Waals surface area (Å²) in [5, 5.41) is 7.35. The number of carbonyl (C=O) groups excluding carboxylic acids is 1. The summed E-state index contributed by atoms with van der Waals surface area (Å²) in [5.74, 6) is 1.30. The van der Waals surface area contributed by atoms with E-state index in [0.717, 1.165) is 30.2 Å². The zero-order valence-electron chi connectivity index (χ0n) is 15.8. The van der Waals surface area contributed by atoms with Crippen molar-refractivity contribution < 1.29 is 9.53 Å². The van der Waals surface area contributed by atoms with Gasteiger partial charge in [0.1, 0.15) is 0 Å². The van der Waals surface area contributed by atoms with Gasteiger partial charge in [-0.3, -0.25) is 4.79 Å². The monoisotopic (exact) mass is 376 g/mol. The predicted octanol–water partition coefficient (Wildman–Crippen LogP) is 3.48. The highest BCUT2D eigenvalue weighted by Crippen LogP contribution is 2.28. The van der Waals surface area contributed by atoms with Crippen molar-refractivity contribution >= 4 is 5.91 Å². The minimum Gasteiger partial charge on any atom is -0.381 e. The van der Waals surface area contributed by atoms with E-state index in [9.17, 15) is 4.79 Å². The first-order valence-corrected chi connectivity index (χ1v) is 9.75. The van der Waals surface area contributed by atoms with Crippen molar-refractivity contribution in [3.8, 4) is 17.1 Å². The molecule has 1 fully saturated rings. The maximum atomic E-state index is 12.5. The fourth-order valence-electron chi connectivity index (χ4n) is 2.92. The van der Waals surface area contributed by atoms with E-state index in [-0.39, 0.29) is 11.7 Å². The van der Waals surface area contributed by atoms with Gasteiger partial charge in [-0.05, 0) is 37.3 Å². The third-order valence-corrected chi connectivity index (χ3v) is 4.64. The lowest BCUT2D eigenvalue weighted by atomic mass is 10.2. The lowest BCUT2D eigenvalue weighted by molar-refractivity contribution is 0.0927. The molecule has 0 aliphatic heterocycles. The van der Waals surface area contributed by atoms with Gasteiger partial charge >= 0.3 is 0 Å². The van der Waals surface area contributed by atoms with Crippen molar-refractivity contribution in [1.29, 1.82) is 0 Å². The summed E-state index contributed by atoms with van der Waals surface area (Å²) in [4.78, 5) is 17.0. The first-order chi connectivity index (χ1) is 13.8. The Bertz CT molecular complexity index is 848. The Kier molecular flexibility index (Phi) is 5.77. The molecule has 1 aromatic heterocycles. The number of carbonyl (C=O) groups is 1. The van der Waals surface area contributed by atoms with Crippen LogP contribution >= 0.6 is 0 Å². The van der Waals surface area contributed by atoms with Gasteiger partial charge in [-0.2, -0.15) is 0 Å².